The number of rotatable bonds is 0. The van der Waals surface area contributed by atoms with E-state index in [1.54, 1.807) is 6.08 Å². The molecule has 0 aromatic rings. The van der Waals surface area contributed by atoms with Gasteiger partial charge < -0.3 is 0 Å². The van der Waals surface area contributed by atoms with Crippen molar-refractivity contribution in [3.63, 3.8) is 0 Å². The lowest BCUT2D eigenvalue weighted by atomic mass is 10.1. The third kappa shape index (κ3) is 31.5. The summed E-state index contributed by atoms with van der Waals surface area (Å²) in [6.07, 6.45) is 3.75. The fourth-order valence-electron chi connectivity index (χ4n) is 0.118. The fourth-order valence-corrected chi connectivity index (χ4v) is 0.118. The minimum atomic E-state index is -0.0579. The molecule has 0 saturated heterocycles. The zero-order valence-electron chi connectivity index (χ0n) is 7.18. The maximum Gasteiger partial charge on any atom is 0.231 e. The van der Waals surface area contributed by atoms with E-state index in [1.807, 2.05) is 0 Å². The molecule has 2 N–H and O–H groups in total. The highest BCUT2D eigenvalue weighted by atomic mass is 16.1. The van der Waals surface area contributed by atoms with E-state index in [9.17, 15) is 0 Å². The molecule has 1 aliphatic rings. The second-order valence-corrected chi connectivity index (χ2v) is 1.01. The first kappa shape index (κ1) is 6.62. The zero-order chi connectivity index (χ0) is 9.98. The van der Waals surface area contributed by atoms with Gasteiger partial charge in [0, 0.05) is 1.37 Å². The first-order valence-electron chi connectivity index (χ1n) is 3.37. The third-order valence-electron chi connectivity index (χ3n) is 0.471. The molecule has 1 rings (SSSR count). The Balaban J connectivity index is 0. The van der Waals surface area contributed by atoms with Crippen LogP contribution in [0.15, 0.2) is 12.1 Å². The van der Waals surface area contributed by atoms with E-state index < -0.39 is 0 Å². The molecule has 0 fully saturated rings. The molecule has 1 atom stereocenters. The molecule has 0 saturated carbocycles. The van der Waals surface area contributed by atoms with Crippen LogP contribution in [0.5, 0.6) is 0 Å². The van der Waals surface area contributed by atoms with Gasteiger partial charge in [-0.05, 0) is 12.8 Å². The van der Waals surface area contributed by atoms with E-state index in [1.165, 1.54) is 0 Å². The van der Waals surface area contributed by atoms with Gasteiger partial charge in [-0.2, -0.15) is 0 Å². The summed E-state index contributed by atoms with van der Waals surface area (Å²) < 4.78 is 13.6. The fraction of sp³-hybridized carbons (Fsp3) is 0.333. The Bertz CT molecular complexity index is 204. The van der Waals surface area contributed by atoms with Crippen molar-refractivity contribution in [2.24, 2.45) is 0 Å². The van der Waals surface area contributed by atoms with Gasteiger partial charge in [0.1, 0.15) is 0 Å². The molecule has 0 aliphatic heterocycles. The van der Waals surface area contributed by atoms with Crippen LogP contribution >= 0.6 is 0 Å². The zero-order valence-corrected chi connectivity index (χ0v) is 5.18. The summed E-state index contributed by atoms with van der Waals surface area (Å²) in [7, 11) is 0. The standard InChI is InChI=1S/C4H6.2CHNO/c1-2-4-3-1;2*2-1-3/h1-2H,3-4H2;2*2H/i1D,4D;;. The molecule has 0 amide bonds. The van der Waals surface area contributed by atoms with Gasteiger partial charge >= 0.3 is 0 Å². The van der Waals surface area contributed by atoms with Gasteiger partial charge in [-0.15, -0.1) is 0 Å². The monoisotopic (exact) mass is 142 g/mol. The van der Waals surface area contributed by atoms with Crippen molar-refractivity contribution in [1.29, 1.82) is 10.8 Å². The van der Waals surface area contributed by atoms with Crippen molar-refractivity contribution in [3.8, 4) is 0 Å². The Morgan fingerprint density at radius 1 is 1.50 bits per heavy atom. The molecule has 1 aliphatic carbocycles. The van der Waals surface area contributed by atoms with Gasteiger partial charge in [-0.1, -0.05) is 12.1 Å². The van der Waals surface area contributed by atoms with Crippen molar-refractivity contribution in [2.75, 3.05) is 0 Å². The van der Waals surface area contributed by atoms with E-state index in [-0.39, 0.29) is 6.40 Å². The minimum Gasteiger partial charge on any atom is -0.222 e. The van der Waals surface area contributed by atoms with Crippen LogP contribution in [0, 0.1) is 10.8 Å². The van der Waals surface area contributed by atoms with Crippen molar-refractivity contribution >= 4 is 12.2 Å². The van der Waals surface area contributed by atoms with Crippen LogP contribution < -0.4 is 0 Å². The molecule has 0 aromatic carbocycles. The van der Waals surface area contributed by atoms with Crippen molar-refractivity contribution in [2.45, 2.75) is 12.8 Å². The predicted octanol–water partition coefficient (Wildman–Crippen LogP) is 1.14. The Kier molecular flexibility index (Phi) is 10.4. The molecular formula is C6H8N2O2. The average Bonchev–Trinajstić information content (AvgIpc) is 1.88. The maximum absolute atomic E-state index is 8.35. The molecular weight excluding hydrogens is 132 g/mol. The number of nitrogens with one attached hydrogen (secondary N) is 2. The summed E-state index contributed by atoms with van der Waals surface area (Å²) in [5, 5.41) is 10.8. The number of hydrogen-bond donors (Lipinski definition) is 2. The van der Waals surface area contributed by atoms with E-state index in [0.717, 1.165) is 12.2 Å². The summed E-state index contributed by atoms with van der Waals surface area (Å²) >= 11 is 0. The predicted molar refractivity (Wildman–Crippen MR) is 35.2 cm³/mol. The van der Waals surface area contributed by atoms with Gasteiger partial charge in [0.2, 0.25) is 12.2 Å². The Morgan fingerprint density at radius 3 is 1.80 bits per heavy atom. The molecule has 0 bridgehead atoms. The summed E-state index contributed by atoms with van der Waals surface area (Å²) in [4.78, 5) is 16.7. The van der Waals surface area contributed by atoms with Crippen LogP contribution in [0.3, 0.4) is 0 Å². The number of allylic oxidation sites excluding steroid dienone is 2. The number of carbonyl (C=O) groups excluding carboxylic acids is 2. The van der Waals surface area contributed by atoms with Crippen LogP contribution in [-0.4, -0.2) is 12.2 Å². The van der Waals surface area contributed by atoms with Crippen LogP contribution in [0.25, 0.3) is 0 Å². The molecule has 4 nitrogen and oxygen atoms in total. The summed E-state index contributed by atoms with van der Waals surface area (Å²) in [5.74, 6) is 0. The number of hydrogen-bond acceptors (Lipinski definition) is 4. The SMILES string of the molecule is N=C=O.N=C=O.[2H]C1=CC([2H])C1. The van der Waals surface area contributed by atoms with Crippen LogP contribution in [0.2, 0.25) is 0 Å². The first-order chi connectivity index (χ1) is 5.62. The summed E-state index contributed by atoms with van der Waals surface area (Å²) in [6.45, 7) is 0. The third-order valence-corrected chi connectivity index (χ3v) is 0.471. The summed E-state index contributed by atoms with van der Waals surface area (Å²) in [6, 6.07) is 0.620. The molecule has 1 unspecified atom stereocenters. The highest BCUT2D eigenvalue weighted by Crippen LogP contribution is 2.01. The second-order valence-electron chi connectivity index (χ2n) is 1.01. The Labute approximate surface area is 61.4 Å². The lowest BCUT2D eigenvalue weighted by Crippen LogP contribution is -1.71. The van der Waals surface area contributed by atoms with Crippen LogP contribution in [0.4, 0.5) is 0 Å². The first-order valence-corrected chi connectivity index (χ1v) is 2.29. The van der Waals surface area contributed by atoms with Gasteiger partial charge in [-0.3, -0.25) is 0 Å². The maximum atomic E-state index is 8.35. The second kappa shape index (κ2) is 15.6. The molecule has 0 aromatic heterocycles. The normalized spacial score (nSPS) is 20.8. The molecule has 10 heavy (non-hydrogen) atoms. The Morgan fingerprint density at radius 2 is 1.80 bits per heavy atom. The highest BCUT2D eigenvalue weighted by molar-refractivity contribution is 5.26. The van der Waals surface area contributed by atoms with E-state index in [4.69, 9.17) is 23.1 Å². The van der Waals surface area contributed by atoms with Crippen molar-refractivity contribution < 1.29 is 12.3 Å². The quantitative estimate of drug-likeness (QED) is 0.302. The lowest BCUT2D eigenvalue weighted by Gasteiger charge is -1.92. The minimum absolute atomic E-state index is 0.0579. The van der Waals surface area contributed by atoms with Gasteiger partial charge in [0.05, 0.1) is 1.37 Å². The molecule has 4 heteroatoms. The highest BCUT2D eigenvalue weighted by Gasteiger charge is 1.81. The van der Waals surface area contributed by atoms with E-state index >= 15 is 0 Å². The smallest absolute Gasteiger partial charge is 0.222 e. The number of isocyanates is 2. The topological polar surface area (TPSA) is 81.8 Å². The van der Waals surface area contributed by atoms with Gasteiger partial charge in [-0.25, -0.2) is 20.4 Å². The van der Waals surface area contributed by atoms with E-state index in [0.29, 0.717) is 12.5 Å². The van der Waals surface area contributed by atoms with Crippen LogP contribution in [-0.2, 0) is 9.59 Å². The van der Waals surface area contributed by atoms with E-state index in [2.05, 4.69) is 0 Å². The lowest BCUT2D eigenvalue weighted by molar-refractivity contribution is 0.562. The van der Waals surface area contributed by atoms with Gasteiger partial charge in [0.25, 0.3) is 0 Å². The van der Waals surface area contributed by atoms with Crippen molar-refractivity contribution in [1.82, 2.24) is 0 Å². The van der Waals surface area contributed by atoms with Gasteiger partial charge in [0.15, 0.2) is 0 Å². The van der Waals surface area contributed by atoms with Crippen LogP contribution in [0.1, 0.15) is 15.6 Å². The van der Waals surface area contributed by atoms with Crippen molar-refractivity contribution in [3.05, 3.63) is 12.1 Å². The largest absolute Gasteiger partial charge is 0.231 e. The Hall–Kier alpha value is -1.50. The molecule has 0 radical (unpaired) electrons. The molecule has 0 heterocycles. The molecule has 0 spiro atoms. The molecule has 54 valence electrons. The average molecular weight is 142 g/mol. The summed E-state index contributed by atoms with van der Waals surface area (Å²) in [5.41, 5.74) is 0.